The molecule has 1 aliphatic rings. The van der Waals surface area contributed by atoms with E-state index in [9.17, 15) is 0 Å². The van der Waals surface area contributed by atoms with Crippen LogP contribution in [-0.2, 0) is 19.5 Å². The molecule has 9 nitrogen and oxygen atoms in total. The second kappa shape index (κ2) is 12.5. The molecule has 9 heteroatoms. The number of aromatic nitrogens is 8. The third-order valence-electron chi connectivity index (χ3n) is 8.83. The molecular formula is C35H39N9. The van der Waals surface area contributed by atoms with Crippen LogP contribution in [0.3, 0.4) is 0 Å². The maximum Gasteiger partial charge on any atom is 0.205 e. The van der Waals surface area contributed by atoms with Crippen molar-refractivity contribution in [2.45, 2.75) is 59.0 Å². The minimum atomic E-state index is 0.593. The van der Waals surface area contributed by atoms with Crippen LogP contribution in [0.5, 0.6) is 0 Å². The molecule has 6 aromatic rings. The molecule has 0 radical (unpaired) electrons. The number of nitrogens with zero attached hydrogens (tertiary/aromatic N) is 8. The van der Waals surface area contributed by atoms with Crippen molar-refractivity contribution in [3.8, 4) is 33.8 Å². The Morgan fingerprint density at radius 2 is 1.70 bits per heavy atom. The van der Waals surface area contributed by atoms with Crippen LogP contribution in [0.25, 0.3) is 44.8 Å². The van der Waals surface area contributed by atoms with Gasteiger partial charge in [-0.2, -0.15) is 5.21 Å². The summed E-state index contributed by atoms with van der Waals surface area (Å²) < 4.78 is 4.61. The molecular weight excluding hydrogens is 546 g/mol. The number of likely N-dealkylation sites (tertiary alicyclic amines) is 1. The number of tetrazole rings is 1. The Kier molecular flexibility index (Phi) is 8.02. The van der Waals surface area contributed by atoms with Gasteiger partial charge in [0.2, 0.25) is 5.82 Å². The SMILES string of the molecule is CCc1nc2c(C)cc(-c3cn(CCCN4CCCCC4)cn3)cc2n1Cc1ccc(-c2ccccc2-c2nn[nH]n2)cc1. The Labute approximate surface area is 258 Å². The third kappa shape index (κ3) is 5.79. The van der Waals surface area contributed by atoms with E-state index in [2.05, 4.69) is 97.2 Å². The van der Waals surface area contributed by atoms with Crippen LogP contribution in [0.15, 0.2) is 73.2 Å². The van der Waals surface area contributed by atoms with Crippen LogP contribution in [0.2, 0.25) is 0 Å². The molecule has 7 rings (SSSR count). The number of H-pyrrole nitrogens is 1. The van der Waals surface area contributed by atoms with Gasteiger partial charge in [-0.15, -0.1) is 10.2 Å². The van der Waals surface area contributed by atoms with E-state index in [1.165, 1.54) is 50.0 Å². The highest BCUT2D eigenvalue weighted by atomic mass is 15.5. The number of nitrogens with one attached hydrogen (secondary N) is 1. The van der Waals surface area contributed by atoms with Crippen LogP contribution in [0, 0.1) is 6.92 Å². The fourth-order valence-corrected chi connectivity index (χ4v) is 6.50. The summed E-state index contributed by atoms with van der Waals surface area (Å²) in [5.74, 6) is 1.69. The van der Waals surface area contributed by atoms with Gasteiger partial charge in [0.1, 0.15) is 5.82 Å². The second-order valence-corrected chi connectivity index (χ2v) is 11.9. The van der Waals surface area contributed by atoms with Gasteiger partial charge in [-0.05, 0) is 85.4 Å². The van der Waals surface area contributed by atoms with Crippen LogP contribution in [0.4, 0.5) is 0 Å². The summed E-state index contributed by atoms with van der Waals surface area (Å²) >= 11 is 0. The number of benzene rings is 3. The number of piperidine rings is 1. The highest BCUT2D eigenvalue weighted by Crippen LogP contribution is 2.31. The van der Waals surface area contributed by atoms with E-state index in [0.717, 1.165) is 70.7 Å². The minimum Gasteiger partial charge on any atom is -0.337 e. The number of rotatable bonds is 10. The van der Waals surface area contributed by atoms with Gasteiger partial charge in [-0.25, -0.2) is 9.97 Å². The smallest absolute Gasteiger partial charge is 0.205 e. The number of aryl methyl sites for hydroxylation is 3. The van der Waals surface area contributed by atoms with E-state index in [4.69, 9.17) is 9.97 Å². The standard InChI is InChI=1S/C35H39N9/c1-3-33-37-34-25(2)20-28(31-23-43(24-36-31)19-9-18-42-16-7-4-8-17-42)21-32(34)44(33)22-26-12-14-27(15-13-26)29-10-5-6-11-30(29)35-38-40-41-39-35/h5-6,10-15,20-21,23-24H,3-4,7-9,16-19,22H2,1-2H3,(H,38,39,40,41). The van der Waals surface area contributed by atoms with Crippen molar-refractivity contribution < 1.29 is 0 Å². The molecule has 0 bridgehead atoms. The van der Waals surface area contributed by atoms with Gasteiger partial charge in [0.25, 0.3) is 0 Å². The maximum absolute atomic E-state index is 5.07. The van der Waals surface area contributed by atoms with Crippen LogP contribution in [-0.4, -0.2) is 64.3 Å². The van der Waals surface area contributed by atoms with Crippen molar-refractivity contribution in [1.29, 1.82) is 0 Å². The van der Waals surface area contributed by atoms with Gasteiger partial charge < -0.3 is 14.0 Å². The fourth-order valence-electron chi connectivity index (χ4n) is 6.50. The molecule has 0 unspecified atom stereocenters. The first-order chi connectivity index (χ1) is 21.7. The highest BCUT2D eigenvalue weighted by molar-refractivity contribution is 5.85. The van der Waals surface area contributed by atoms with Gasteiger partial charge in [-0.3, -0.25) is 0 Å². The van der Waals surface area contributed by atoms with Crippen molar-refractivity contribution in [2.24, 2.45) is 0 Å². The Hall–Kier alpha value is -4.63. The lowest BCUT2D eigenvalue weighted by atomic mass is 9.98. The number of aromatic amines is 1. The number of hydrogen-bond acceptors (Lipinski definition) is 6. The Morgan fingerprint density at radius 3 is 2.48 bits per heavy atom. The molecule has 0 saturated carbocycles. The zero-order valence-electron chi connectivity index (χ0n) is 25.6. The van der Waals surface area contributed by atoms with Gasteiger partial charge in [-0.1, -0.05) is 61.9 Å². The van der Waals surface area contributed by atoms with Crippen LogP contribution >= 0.6 is 0 Å². The van der Waals surface area contributed by atoms with E-state index < -0.39 is 0 Å². The topological polar surface area (TPSA) is 93.3 Å². The van der Waals surface area contributed by atoms with E-state index in [0.29, 0.717) is 5.82 Å². The zero-order chi connectivity index (χ0) is 29.9. The van der Waals surface area contributed by atoms with Gasteiger partial charge in [0, 0.05) is 36.8 Å². The minimum absolute atomic E-state index is 0.593. The van der Waals surface area contributed by atoms with Gasteiger partial charge in [0.05, 0.1) is 23.1 Å². The summed E-state index contributed by atoms with van der Waals surface area (Å²) in [5.41, 5.74) is 9.93. The lowest BCUT2D eigenvalue weighted by Gasteiger charge is -2.26. The largest absolute Gasteiger partial charge is 0.337 e. The molecule has 3 aromatic carbocycles. The lowest BCUT2D eigenvalue weighted by molar-refractivity contribution is 0.223. The van der Waals surface area contributed by atoms with Crippen molar-refractivity contribution in [1.82, 2.24) is 44.6 Å². The number of imidazole rings is 2. The summed E-state index contributed by atoms with van der Waals surface area (Å²) in [4.78, 5) is 12.5. The quantitative estimate of drug-likeness (QED) is 0.196. The van der Waals surface area contributed by atoms with E-state index in [1.54, 1.807) is 0 Å². The van der Waals surface area contributed by atoms with E-state index in [1.807, 2.05) is 24.5 Å². The first kappa shape index (κ1) is 28.2. The average Bonchev–Trinajstić information content (AvgIpc) is 3.84. The highest BCUT2D eigenvalue weighted by Gasteiger charge is 2.16. The Bertz CT molecular complexity index is 1840. The maximum atomic E-state index is 5.07. The molecule has 0 amide bonds. The molecule has 1 saturated heterocycles. The van der Waals surface area contributed by atoms with Crippen molar-refractivity contribution in [3.05, 3.63) is 90.1 Å². The average molecular weight is 586 g/mol. The summed E-state index contributed by atoms with van der Waals surface area (Å²) in [6.07, 6.45) is 10.3. The molecule has 0 spiro atoms. The molecule has 0 aliphatic carbocycles. The van der Waals surface area contributed by atoms with Crippen molar-refractivity contribution in [3.63, 3.8) is 0 Å². The predicted octanol–water partition coefficient (Wildman–Crippen LogP) is 6.54. The van der Waals surface area contributed by atoms with Crippen molar-refractivity contribution >= 4 is 11.0 Å². The number of hydrogen-bond donors (Lipinski definition) is 1. The van der Waals surface area contributed by atoms with Crippen molar-refractivity contribution in [2.75, 3.05) is 19.6 Å². The molecule has 3 aromatic heterocycles. The van der Waals surface area contributed by atoms with E-state index in [-0.39, 0.29) is 0 Å². The fraction of sp³-hybridized carbons (Fsp3) is 0.343. The summed E-state index contributed by atoms with van der Waals surface area (Å²) in [7, 11) is 0. The lowest BCUT2D eigenvalue weighted by Crippen LogP contribution is -2.31. The second-order valence-electron chi connectivity index (χ2n) is 11.9. The molecule has 4 heterocycles. The van der Waals surface area contributed by atoms with Gasteiger partial charge >= 0.3 is 0 Å². The monoisotopic (exact) mass is 585 g/mol. The summed E-state index contributed by atoms with van der Waals surface area (Å²) in [6.45, 7) is 9.76. The first-order valence-corrected chi connectivity index (χ1v) is 15.8. The molecule has 1 aliphatic heterocycles. The molecule has 1 N–H and O–H groups in total. The Morgan fingerprint density at radius 1 is 0.886 bits per heavy atom. The molecule has 0 atom stereocenters. The van der Waals surface area contributed by atoms with Gasteiger partial charge in [0.15, 0.2) is 0 Å². The molecule has 44 heavy (non-hydrogen) atoms. The molecule has 1 fully saturated rings. The third-order valence-corrected chi connectivity index (χ3v) is 8.83. The normalized spacial score (nSPS) is 14.0. The molecule has 224 valence electrons. The zero-order valence-corrected chi connectivity index (χ0v) is 25.6. The predicted molar refractivity (Wildman–Crippen MR) is 174 cm³/mol. The summed E-state index contributed by atoms with van der Waals surface area (Å²) in [6, 6.07) is 21.4. The van der Waals surface area contributed by atoms with Crippen LogP contribution in [0.1, 0.15) is 49.6 Å². The summed E-state index contributed by atoms with van der Waals surface area (Å²) in [5, 5.41) is 14.7. The van der Waals surface area contributed by atoms with E-state index >= 15 is 0 Å². The first-order valence-electron chi connectivity index (χ1n) is 15.8. The number of fused-ring (bicyclic) bond motifs is 1. The Balaban J connectivity index is 1.12. The van der Waals surface area contributed by atoms with Crippen LogP contribution < -0.4 is 0 Å².